The highest BCUT2D eigenvalue weighted by molar-refractivity contribution is 6.33. The first-order valence-electron chi connectivity index (χ1n) is 10.7. The molecule has 0 bridgehead atoms. The van der Waals surface area contributed by atoms with Gasteiger partial charge in [-0.25, -0.2) is 19.2 Å². The van der Waals surface area contributed by atoms with Gasteiger partial charge in [0, 0.05) is 26.2 Å². The maximum Gasteiger partial charge on any atom is 0.426 e. The largest absolute Gasteiger partial charge is 0.426 e. The SMILES string of the molecule is NCC1CC12CCN(C(=O)OC(=O)C(=O)OC(=O)N1CCC3(CC1)CC3CN)CC2. The molecule has 4 N–H and O–H groups in total. The van der Waals surface area contributed by atoms with Gasteiger partial charge in [0.1, 0.15) is 0 Å². The third kappa shape index (κ3) is 3.90. The van der Waals surface area contributed by atoms with E-state index in [4.69, 9.17) is 11.5 Å². The van der Waals surface area contributed by atoms with Gasteiger partial charge in [-0.1, -0.05) is 0 Å². The van der Waals surface area contributed by atoms with Crippen molar-refractivity contribution < 1.29 is 28.7 Å². The van der Waals surface area contributed by atoms with E-state index in [0.29, 0.717) is 51.1 Å². The highest BCUT2D eigenvalue weighted by Gasteiger charge is 2.55. The van der Waals surface area contributed by atoms with Crippen LogP contribution < -0.4 is 11.5 Å². The molecule has 2 atom stereocenters. The van der Waals surface area contributed by atoms with Crippen LogP contribution in [0, 0.1) is 22.7 Å². The van der Waals surface area contributed by atoms with Gasteiger partial charge in [0.05, 0.1) is 0 Å². The fourth-order valence-electron chi connectivity index (χ4n) is 5.40. The van der Waals surface area contributed by atoms with Crippen molar-refractivity contribution in [3.8, 4) is 0 Å². The Bertz CT molecular complexity index is 678. The first kappa shape index (κ1) is 21.0. The molecule has 4 rings (SSSR count). The molecule has 2 aliphatic carbocycles. The van der Waals surface area contributed by atoms with Crippen molar-refractivity contribution >= 4 is 24.1 Å². The number of carbonyl (C=O) groups excluding carboxylic acids is 4. The lowest BCUT2D eigenvalue weighted by Gasteiger charge is -2.32. The molecule has 2 amide bonds. The van der Waals surface area contributed by atoms with Gasteiger partial charge in [0.2, 0.25) is 0 Å². The quantitative estimate of drug-likeness (QED) is 0.370. The molecule has 0 aromatic heterocycles. The van der Waals surface area contributed by atoms with E-state index in [2.05, 4.69) is 9.47 Å². The number of nitrogens with zero attached hydrogens (tertiary/aromatic N) is 2. The number of ether oxygens (including phenoxy) is 2. The fourth-order valence-corrected chi connectivity index (χ4v) is 5.40. The highest BCUT2D eigenvalue weighted by Crippen LogP contribution is 2.59. The first-order valence-corrected chi connectivity index (χ1v) is 10.7. The first-order chi connectivity index (χ1) is 14.3. The average molecular weight is 422 g/mol. The van der Waals surface area contributed by atoms with Gasteiger partial charge in [-0.3, -0.25) is 0 Å². The molecule has 2 saturated heterocycles. The van der Waals surface area contributed by atoms with Crippen molar-refractivity contribution in [3.63, 3.8) is 0 Å². The van der Waals surface area contributed by atoms with E-state index < -0.39 is 24.1 Å². The predicted molar refractivity (Wildman–Crippen MR) is 104 cm³/mol. The smallest absolute Gasteiger partial charge is 0.367 e. The van der Waals surface area contributed by atoms with Gasteiger partial charge in [-0.05, 0) is 74.3 Å². The second-order valence-corrected chi connectivity index (χ2v) is 9.28. The number of hydrogen-bond acceptors (Lipinski definition) is 8. The lowest BCUT2D eigenvalue weighted by atomic mass is 9.91. The number of hydrogen-bond donors (Lipinski definition) is 2. The normalized spacial score (nSPS) is 28.2. The summed E-state index contributed by atoms with van der Waals surface area (Å²) in [5, 5.41) is 0. The minimum atomic E-state index is -1.47. The van der Waals surface area contributed by atoms with Crippen LogP contribution in [0.15, 0.2) is 0 Å². The van der Waals surface area contributed by atoms with Crippen molar-refractivity contribution in [1.29, 1.82) is 0 Å². The van der Waals surface area contributed by atoms with Crippen molar-refractivity contribution in [3.05, 3.63) is 0 Å². The lowest BCUT2D eigenvalue weighted by Crippen LogP contribution is -2.43. The fraction of sp³-hybridized carbons (Fsp3) is 0.800. The molecule has 2 unspecified atom stereocenters. The Kier molecular flexibility index (Phi) is 5.48. The summed E-state index contributed by atoms with van der Waals surface area (Å²) < 4.78 is 9.24. The summed E-state index contributed by atoms with van der Waals surface area (Å²) >= 11 is 0. The zero-order valence-electron chi connectivity index (χ0n) is 17.1. The minimum Gasteiger partial charge on any atom is -0.367 e. The number of esters is 2. The molecule has 4 fully saturated rings. The van der Waals surface area contributed by atoms with E-state index in [9.17, 15) is 19.2 Å². The van der Waals surface area contributed by atoms with E-state index in [-0.39, 0.29) is 10.8 Å². The molecule has 2 saturated carbocycles. The van der Waals surface area contributed by atoms with Gasteiger partial charge in [0.15, 0.2) is 0 Å². The van der Waals surface area contributed by atoms with E-state index in [1.165, 1.54) is 9.80 Å². The van der Waals surface area contributed by atoms with Crippen LogP contribution in [0.3, 0.4) is 0 Å². The Morgan fingerprint density at radius 2 is 1.03 bits per heavy atom. The Balaban J connectivity index is 1.18. The molecule has 2 heterocycles. The summed E-state index contributed by atoms with van der Waals surface area (Å²) in [6.07, 6.45) is 3.61. The second-order valence-electron chi connectivity index (χ2n) is 9.28. The zero-order valence-corrected chi connectivity index (χ0v) is 17.1. The third-order valence-corrected chi connectivity index (χ3v) is 7.85. The molecule has 10 nitrogen and oxygen atoms in total. The molecule has 10 heteroatoms. The van der Waals surface area contributed by atoms with Crippen molar-refractivity contribution in [1.82, 2.24) is 9.80 Å². The standard InChI is InChI=1S/C20H30N4O6/c21-11-13-9-19(13)1-5-23(6-2-19)17(27)29-15(25)16(26)30-18(28)24-7-3-20(4-8-24)10-14(20)12-22/h13-14H,1-12,21-22H2. The molecule has 2 spiro atoms. The van der Waals surface area contributed by atoms with E-state index >= 15 is 0 Å². The molecular weight excluding hydrogens is 392 g/mol. The van der Waals surface area contributed by atoms with Crippen LogP contribution in [0.1, 0.15) is 38.5 Å². The van der Waals surface area contributed by atoms with Crippen LogP contribution in [0.25, 0.3) is 0 Å². The summed E-state index contributed by atoms with van der Waals surface area (Å²) in [5.41, 5.74) is 11.9. The van der Waals surface area contributed by atoms with Crippen molar-refractivity contribution in [2.75, 3.05) is 39.3 Å². The van der Waals surface area contributed by atoms with E-state index in [1.54, 1.807) is 0 Å². The van der Waals surface area contributed by atoms with Gasteiger partial charge < -0.3 is 30.7 Å². The van der Waals surface area contributed by atoms with Crippen LogP contribution in [0.2, 0.25) is 0 Å². The monoisotopic (exact) mass is 422 g/mol. The van der Waals surface area contributed by atoms with Crippen molar-refractivity contribution in [2.24, 2.45) is 34.1 Å². The van der Waals surface area contributed by atoms with E-state index in [0.717, 1.165) is 38.5 Å². The molecule has 0 aromatic rings. The summed E-state index contributed by atoms with van der Waals surface area (Å²) in [6, 6.07) is 0. The van der Waals surface area contributed by atoms with Crippen LogP contribution in [-0.4, -0.2) is 73.2 Å². The van der Waals surface area contributed by atoms with Crippen LogP contribution in [-0.2, 0) is 19.1 Å². The molecule has 30 heavy (non-hydrogen) atoms. The Labute approximate surface area is 175 Å². The Hall–Kier alpha value is -2.20. The van der Waals surface area contributed by atoms with Gasteiger partial charge in [-0.2, -0.15) is 0 Å². The lowest BCUT2D eigenvalue weighted by molar-refractivity contribution is -0.161. The van der Waals surface area contributed by atoms with Crippen molar-refractivity contribution in [2.45, 2.75) is 38.5 Å². The van der Waals surface area contributed by atoms with Gasteiger partial charge >= 0.3 is 24.1 Å². The second kappa shape index (κ2) is 7.81. The maximum absolute atomic E-state index is 12.2. The average Bonchev–Trinajstić information content (AvgIpc) is 3.63. The maximum atomic E-state index is 12.2. The molecule has 4 aliphatic rings. The summed E-state index contributed by atoms with van der Waals surface area (Å²) in [4.78, 5) is 50.9. The van der Waals surface area contributed by atoms with E-state index in [1.807, 2.05) is 0 Å². The summed E-state index contributed by atoms with van der Waals surface area (Å²) in [7, 11) is 0. The number of piperidine rings is 2. The molecule has 2 aliphatic heterocycles. The number of likely N-dealkylation sites (tertiary alicyclic amines) is 2. The van der Waals surface area contributed by atoms with Crippen LogP contribution in [0.5, 0.6) is 0 Å². The third-order valence-electron chi connectivity index (χ3n) is 7.85. The van der Waals surface area contributed by atoms with Crippen LogP contribution in [0.4, 0.5) is 9.59 Å². The Morgan fingerprint density at radius 1 is 0.700 bits per heavy atom. The topological polar surface area (TPSA) is 145 Å². The number of carbonyl (C=O) groups is 4. The Morgan fingerprint density at radius 3 is 1.30 bits per heavy atom. The summed E-state index contributed by atoms with van der Waals surface area (Å²) in [5.74, 6) is -1.94. The molecule has 166 valence electrons. The zero-order chi connectivity index (χ0) is 21.5. The highest BCUT2D eigenvalue weighted by atomic mass is 16.7. The predicted octanol–water partition coefficient (Wildman–Crippen LogP) is 0.434. The molecular formula is C20H30N4O6. The summed E-state index contributed by atoms with van der Waals surface area (Å²) in [6.45, 7) is 3.11. The molecule has 0 aromatic carbocycles. The number of nitrogens with two attached hydrogens (primary N) is 2. The number of amides is 2. The minimum absolute atomic E-state index is 0.221. The van der Waals surface area contributed by atoms with Crippen LogP contribution >= 0.6 is 0 Å². The number of rotatable bonds is 2. The van der Waals surface area contributed by atoms with Gasteiger partial charge in [0.25, 0.3) is 0 Å². The molecule has 0 radical (unpaired) electrons. The van der Waals surface area contributed by atoms with Gasteiger partial charge in [-0.15, -0.1) is 0 Å².